The third kappa shape index (κ3) is 2.60. The van der Waals surface area contributed by atoms with Crippen molar-refractivity contribution in [3.63, 3.8) is 0 Å². The second kappa shape index (κ2) is 5.97. The van der Waals surface area contributed by atoms with Crippen LogP contribution in [0.3, 0.4) is 0 Å². The Morgan fingerprint density at radius 3 is 2.85 bits per heavy atom. The molecule has 0 saturated carbocycles. The molecule has 0 unspecified atom stereocenters. The van der Waals surface area contributed by atoms with Gasteiger partial charge in [-0.3, -0.25) is 5.10 Å². The maximum absolute atomic E-state index is 5.28. The summed E-state index contributed by atoms with van der Waals surface area (Å²) < 4.78 is 6.36. The summed E-state index contributed by atoms with van der Waals surface area (Å²) in [6, 6.07) is 7.99. The van der Waals surface area contributed by atoms with Crippen LogP contribution in [-0.4, -0.2) is 30.4 Å². The van der Waals surface area contributed by atoms with Gasteiger partial charge in [0.2, 0.25) is 0 Å². The lowest BCUT2D eigenvalue weighted by molar-refractivity contribution is 0.415. The van der Waals surface area contributed by atoms with Crippen LogP contribution in [0.5, 0.6) is 5.75 Å². The molecule has 1 aliphatic heterocycles. The van der Waals surface area contributed by atoms with Gasteiger partial charge >= 0.3 is 0 Å². The van der Waals surface area contributed by atoms with E-state index < -0.39 is 0 Å². The fraction of sp³-hybridized carbons (Fsp3) is 0.400. The lowest BCUT2D eigenvalue weighted by Crippen LogP contribution is -2.26. The van der Waals surface area contributed by atoms with Crippen molar-refractivity contribution < 1.29 is 4.74 Å². The highest BCUT2D eigenvalue weighted by atomic mass is 79.9. The molecule has 0 atom stereocenters. The second-order valence-corrected chi connectivity index (χ2v) is 5.85. The number of hydrogen-bond donors (Lipinski definition) is 2. The summed E-state index contributed by atoms with van der Waals surface area (Å²) in [4.78, 5) is 0. The normalized spacial score (nSPS) is 16.3. The third-order valence-corrected chi connectivity index (χ3v) is 4.63. The Kier molecular flexibility index (Phi) is 4.08. The van der Waals surface area contributed by atoms with Gasteiger partial charge in [0.15, 0.2) is 0 Å². The summed E-state index contributed by atoms with van der Waals surface area (Å²) >= 11 is 3.72. The minimum absolute atomic E-state index is 0.553. The highest BCUT2D eigenvalue weighted by Crippen LogP contribution is 2.36. The number of halogens is 1. The van der Waals surface area contributed by atoms with Crippen LogP contribution in [0.25, 0.3) is 11.3 Å². The zero-order chi connectivity index (χ0) is 13.9. The SMILES string of the molecule is COc1cccc(-c2n[nH]c(C3CCNCC3)c2Br)c1. The van der Waals surface area contributed by atoms with Gasteiger partial charge in [0, 0.05) is 11.5 Å². The number of H-pyrrole nitrogens is 1. The lowest BCUT2D eigenvalue weighted by atomic mass is 9.94. The molecule has 5 heteroatoms. The zero-order valence-corrected chi connectivity index (χ0v) is 13.0. The predicted octanol–water partition coefficient (Wildman–Crippen LogP) is 3.31. The number of nitrogens with zero attached hydrogens (tertiary/aromatic N) is 1. The van der Waals surface area contributed by atoms with E-state index in [-0.39, 0.29) is 0 Å². The van der Waals surface area contributed by atoms with Crippen molar-refractivity contribution in [2.24, 2.45) is 0 Å². The number of hydrogen-bond acceptors (Lipinski definition) is 3. The number of methoxy groups -OCH3 is 1. The quantitative estimate of drug-likeness (QED) is 0.904. The van der Waals surface area contributed by atoms with E-state index in [9.17, 15) is 0 Å². The average molecular weight is 336 g/mol. The van der Waals surface area contributed by atoms with E-state index in [0.717, 1.165) is 47.4 Å². The number of rotatable bonds is 3. The predicted molar refractivity (Wildman–Crippen MR) is 83.1 cm³/mol. The van der Waals surface area contributed by atoms with Gasteiger partial charge in [-0.25, -0.2) is 0 Å². The minimum Gasteiger partial charge on any atom is -0.497 e. The van der Waals surface area contributed by atoms with Gasteiger partial charge in [-0.2, -0.15) is 5.10 Å². The van der Waals surface area contributed by atoms with Crippen LogP contribution in [0, 0.1) is 0 Å². The summed E-state index contributed by atoms with van der Waals surface area (Å²) in [5.41, 5.74) is 3.23. The zero-order valence-electron chi connectivity index (χ0n) is 11.4. The summed E-state index contributed by atoms with van der Waals surface area (Å²) in [5, 5.41) is 11.1. The summed E-state index contributed by atoms with van der Waals surface area (Å²) in [6.45, 7) is 2.15. The van der Waals surface area contributed by atoms with E-state index in [2.05, 4.69) is 37.5 Å². The van der Waals surface area contributed by atoms with Gasteiger partial charge in [-0.15, -0.1) is 0 Å². The van der Waals surface area contributed by atoms with Crippen molar-refractivity contribution >= 4 is 15.9 Å². The van der Waals surface area contributed by atoms with Crippen LogP contribution in [0.1, 0.15) is 24.5 Å². The molecule has 3 rings (SSSR count). The molecule has 1 aromatic carbocycles. The summed E-state index contributed by atoms with van der Waals surface area (Å²) in [5.74, 6) is 1.40. The topological polar surface area (TPSA) is 49.9 Å². The van der Waals surface area contributed by atoms with Crippen molar-refractivity contribution in [1.82, 2.24) is 15.5 Å². The number of ether oxygens (including phenoxy) is 1. The monoisotopic (exact) mass is 335 g/mol. The highest BCUT2D eigenvalue weighted by Gasteiger charge is 2.22. The molecule has 0 aliphatic carbocycles. The van der Waals surface area contributed by atoms with Gasteiger partial charge in [-0.1, -0.05) is 12.1 Å². The van der Waals surface area contributed by atoms with Gasteiger partial charge in [0.1, 0.15) is 11.4 Å². The Balaban J connectivity index is 1.92. The van der Waals surface area contributed by atoms with Crippen molar-refractivity contribution in [3.05, 3.63) is 34.4 Å². The van der Waals surface area contributed by atoms with E-state index in [1.165, 1.54) is 5.69 Å². The van der Waals surface area contributed by atoms with Crippen LogP contribution in [0.4, 0.5) is 0 Å². The van der Waals surface area contributed by atoms with Crippen LogP contribution in [-0.2, 0) is 0 Å². The molecule has 0 amide bonds. The summed E-state index contributed by atoms with van der Waals surface area (Å²) in [7, 11) is 1.68. The molecular formula is C15H18BrN3O. The smallest absolute Gasteiger partial charge is 0.119 e. The lowest BCUT2D eigenvalue weighted by Gasteiger charge is -2.21. The Bertz CT molecular complexity index is 591. The molecule has 1 fully saturated rings. The Labute approximate surface area is 127 Å². The van der Waals surface area contributed by atoms with Gasteiger partial charge < -0.3 is 10.1 Å². The van der Waals surface area contributed by atoms with E-state index in [4.69, 9.17) is 4.74 Å². The number of aromatic amines is 1. The Hall–Kier alpha value is -1.33. The van der Waals surface area contributed by atoms with E-state index >= 15 is 0 Å². The highest BCUT2D eigenvalue weighted by molar-refractivity contribution is 9.10. The second-order valence-electron chi connectivity index (χ2n) is 5.06. The molecule has 1 aromatic heterocycles. The molecule has 106 valence electrons. The van der Waals surface area contributed by atoms with Crippen LogP contribution < -0.4 is 10.1 Å². The molecule has 2 N–H and O–H groups in total. The van der Waals surface area contributed by atoms with Gasteiger partial charge in [0.05, 0.1) is 17.3 Å². The average Bonchev–Trinajstić information content (AvgIpc) is 2.90. The van der Waals surface area contributed by atoms with Crippen LogP contribution in [0.2, 0.25) is 0 Å². The molecule has 1 aliphatic rings. The number of nitrogens with one attached hydrogen (secondary N) is 2. The molecular weight excluding hydrogens is 318 g/mol. The molecule has 1 saturated heterocycles. The molecule has 20 heavy (non-hydrogen) atoms. The Morgan fingerprint density at radius 2 is 2.10 bits per heavy atom. The molecule has 0 spiro atoms. The van der Waals surface area contributed by atoms with E-state index in [1.54, 1.807) is 7.11 Å². The van der Waals surface area contributed by atoms with E-state index in [1.807, 2.05) is 18.2 Å². The fourth-order valence-corrected chi connectivity index (χ4v) is 3.41. The molecule has 4 nitrogen and oxygen atoms in total. The molecule has 2 heterocycles. The molecule has 2 aromatic rings. The van der Waals surface area contributed by atoms with Crippen molar-refractivity contribution in [1.29, 1.82) is 0 Å². The van der Waals surface area contributed by atoms with Crippen molar-refractivity contribution in [2.75, 3.05) is 20.2 Å². The van der Waals surface area contributed by atoms with Gasteiger partial charge in [-0.05, 0) is 54.0 Å². The van der Waals surface area contributed by atoms with Crippen LogP contribution in [0.15, 0.2) is 28.7 Å². The standard InChI is InChI=1S/C15H18BrN3O/c1-20-12-4-2-3-11(9-12)15-13(16)14(18-19-15)10-5-7-17-8-6-10/h2-4,9-10,17H,5-8H2,1H3,(H,18,19). The van der Waals surface area contributed by atoms with Crippen LogP contribution >= 0.6 is 15.9 Å². The molecule has 0 radical (unpaired) electrons. The number of benzene rings is 1. The number of piperidine rings is 1. The Morgan fingerprint density at radius 1 is 1.30 bits per heavy atom. The maximum atomic E-state index is 5.28. The van der Waals surface area contributed by atoms with Crippen molar-refractivity contribution in [2.45, 2.75) is 18.8 Å². The first-order chi connectivity index (χ1) is 9.79. The number of aromatic nitrogens is 2. The third-order valence-electron chi connectivity index (χ3n) is 3.82. The van der Waals surface area contributed by atoms with Gasteiger partial charge in [0.25, 0.3) is 0 Å². The maximum Gasteiger partial charge on any atom is 0.119 e. The summed E-state index contributed by atoms with van der Waals surface area (Å²) in [6.07, 6.45) is 2.30. The molecule has 0 bridgehead atoms. The first-order valence-electron chi connectivity index (χ1n) is 6.88. The first-order valence-corrected chi connectivity index (χ1v) is 7.68. The first kappa shape index (κ1) is 13.6. The largest absolute Gasteiger partial charge is 0.497 e. The minimum atomic E-state index is 0.553. The fourth-order valence-electron chi connectivity index (χ4n) is 2.68. The van der Waals surface area contributed by atoms with Crippen molar-refractivity contribution in [3.8, 4) is 17.0 Å². The van der Waals surface area contributed by atoms with E-state index in [0.29, 0.717) is 5.92 Å².